The Kier molecular flexibility index (Phi) is 61.3. The van der Waals surface area contributed by atoms with Crippen LogP contribution in [0.1, 0.15) is 0 Å². The van der Waals surface area contributed by atoms with Crippen LogP contribution in [-0.2, 0) is 47.1 Å². The first-order valence-corrected chi connectivity index (χ1v) is 2.39. The van der Waals surface area contributed by atoms with Gasteiger partial charge in [0.15, 0.2) is 0 Å². The monoisotopic (exact) mass is 339 g/mol. The Morgan fingerprint density at radius 3 is 1.27 bits per heavy atom. The van der Waals surface area contributed by atoms with Crippen LogP contribution in [0, 0.1) is 0 Å². The van der Waals surface area contributed by atoms with Crippen molar-refractivity contribution in [2.75, 3.05) is 26.3 Å². The molecule has 0 aromatic heterocycles. The van der Waals surface area contributed by atoms with Crippen molar-refractivity contribution in [2.24, 2.45) is 0 Å². The number of hydrogen-bond donors (Lipinski definition) is 1. The Labute approximate surface area is 79.2 Å². The fourth-order valence-corrected chi connectivity index (χ4v) is 0.580. The van der Waals surface area contributed by atoms with Crippen LogP contribution in [0.3, 0.4) is 0 Å². The molecule has 0 aliphatic carbocycles. The zero-order chi connectivity index (χ0) is 4.24. The summed E-state index contributed by atoms with van der Waals surface area (Å²) in [5.74, 6) is 0. The summed E-state index contributed by atoms with van der Waals surface area (Å²) >= 11 is 0. The van der Waals surface area contributed by atoms with Crippen LogP contribution in [0.5, 0.6) is 0 Å². The maximum atomic E-state index is 5.04. The van der Waals surface area contributed by atoms with E-state index in [-0.39, 0.29) is 42.3 Å². The van der Waals surface area contributed by atoms with Crippen molar-refractivity contribution < 1.29 is 52.4 Å². The molecule has 1 aliphatic heterocycles. The van der Waals surface area contributed by atoms with Gasteiger partial charge in [-0.3, -0.25) is 0 Å². The number of rotatable bonds is 0. The summed E-state index contributed by atoms with van der Waals surface area (Å²) < 4.78 is 5.04. The number of quaternary nitrogens is 1. The third-order valence-corrected chi connectivity index (χ3v) is 0.933. The zero-order valence-electron chi connectivity index (χ0n) is 5.82. The van der Waals surface area contributed by atoms with Gasteiger partial charge in [0.25, 0.3) is 0 Å². The predicted molar refractivity (Wildman–Crippen MR) is 25.2 cm³/mol. The SMILES string of the molecule is C1COCC[NH2+]1.[O-2].[O-2].[O-2].[O-2].[Re]. The van der Waals surface area contributed by atoms with Crippen LogP contribution < -0.4 is 5.32 Å². The van der Waals surface area contributed by atoms with Gasteiger partial charge in [0.2, 0.25) is 0 Å². The van der Waals surface area contributed by atoms with Crippen LogP contribution in [0.4, 0.5) is 0 Å². The summed E-state index contributed by atoms with van der Waals surface area (Å²) in [6.45, 7) is 4.19. The molecule has 0 unspecified atom stereocenters. The van der Waals surface area contributed by atoms with Crippen molar-refractivity contribution in [1.29, 1.82) is 0 Å². The van der Waals surface area contributed by atoms with Crippen LogP contribution >= 0.6 is 0 Å². The molecule has 1 fully saturated rings. The Morgan fingerprint density at radius 1 is 0.818 bits per heavy atom. The molecule has 75 valence electrons. The second kappa shape index (κ2) is 22.4. The second-order valence-electron chi connectivity index (χ2n) is 1.48. The molecule has 1 rings (SSSR count). The summed E-state index contributed by atoms with van der Waals surface area (Å²) in [5.41, 5.74) is 0. The minimum Gasteiger partial charge on any atom is -2.00 e. The van der Waals surface area contributed by atoms with Gasteiger partial charge >= 0.3 is 0 Å². The van der Waals surface area contributed by atoms with Crippen LogP contribution in [0.25, 0.3) is 0 Å². The smallest absolute Gasteiger partial charge is 0.0993 e. The van der Waals surface area contributed by atoms with E-state index in [1.165, 1.54) is 0 Å². The fraction of sp³-hybridized carbons (Fsp3) is 1.00. The van der Waals surface area contributed by atoms with Gasteiger partial charge in [0.1, 0.15) is 0 Å². The van der Waals surface area contributed by atoms with E-state index in [2.05, 4.69) is 5.32 Å². The van der Waals surface area contributed by atoms with Crippen molar-refractivity contribution in [3.8, 4) is 0 Å². The Bertz CT molecular complexity index is 34.0. The van der Waals surface area contributed by atoms with Gasteiger partial charge in [0.05, 0.1) is 26.3 Å². The van der Waals surface area contributed by atoms with Gasteiger partial charge < -0.3 is 32.0 Å². The molecule has 1 heterocycles. The maximum absolute atomic E-state index is 5.04. The normalized spacial score (nSPS) is 13.1. The average Bonchev–Trinajstić information content (AvgIpc) is 1.72. The summed E-state index contributed by atoms with van der Waals surface area (Å²) in [6.07, 6.45) is 0. The molecule has 0 amide bonds. The van der Waals surface area contributed by atoms with E-state index in [4.69, 9.17) is 4.74 Å². The van der Waals surface area contributed by atoms with Gasteiger partial charge in [-0.1, -0.05) is 0 Å². The molecule has 11 heavy (non-hydrogen) atoms. The second-order valence-corrected chi connectivity index (χ2v) is 1.48. The molecule has 0 saturated carbocycles. The minimum absolute atomic E-state index is 0. The largest absolute Gasteiger partial charge is 2.00 e. The number of morpholine rings is 1. The first-order valence-electron chi connectivity index (χ1n) is 2.39. The molecule has 0 bridgehead atoms. The zero-order valence-corrected chi connectivity index (χ0v) is 8.54. The molecule has 1 aliphatic rings. The Morgan fingerprint density at radius 2 is 1.18 bits per heavy atom. The molecule has 0 aromatic rings. The van der Waals surface area contributed by atoms with Crippen molar-refractivity contribution in [3.05, 3.63) is 0 Å². The third kappa shape index (κ3) is 17.9. The van der Waals surface area contributed by atoms with E-state index in [0.29, 0.717) is 0 Å². The number of hydrogen-bond acceptors (Lipinski definition) is 1. The predicted octanol–water partition coefficient (Wildman–Crippen LogP) is -1.90. The Balaban J connectivity index is -0.0000000240. The van der Waals surface area contributed by atoms with E-state index in [0.717, 1.165) is 26.3 Å². The maximum Gasteiger partial charge on any atom is 0.0993 e. The van der Waals surface area contributed by atoms with Crippen molar-refractivity contribution in [1.82, 2.24) is 0 Å². The van der Waals surface area contributed by atoms with Crippen molar-refractivity contribution >= 4 is 0 Å². The molecular formula is C4H10NO5Re-7. The first-order chi connectivity index (χ1) is 3.00. The molecule has 1 saturated heterocycles. The van der Waals surface area contributed by atoms with E-state index >= 15 is 0 Å². The van der Waals surface area contributed by atoms with E-state index in [1.807, 2.05) is 0 Å². The number of ether oxygens (including phenoxy) is 1. The third-order valence-electron chi connectivity index (χ3n) is 0.933. The van der Waals surface area contributed by atoms with Gasteiger partial charge in [-0.05, 0) is 0 Å². The molecule has 0 atom stereocenters. The van der Waals surface area contributed by atoms with Gasteiger partial charge in [-0.15, -0.1) is 0 Å². The summed E-state index contributed by atoms with van der Waals surface area (Å²) in [7, 11) is 0. The quantitative estimate of drug-likeness (QED) is 0.541. The van der Waals surface area contributed by atoms with E-state index in [1.54, 1.807) is 0 Å². The van der Waals surface area contributed by atoms with Crippen LogP contribution in [-0.4, -0.2) is 26.3 Å². The van der Waals surface area contributed by atoms with Crippen molar-refractivity contribution in [3.63, 3.8) is 0 Å². The average molecular weight is 338 g/mol. The molecule has 6 nitrogen and oxygen atoms in total. The topological polar surface area (TPSA) is 140 Å². The van der Waals surface area contributed by atoms with Crippen LogP contribution in [0.2, 0.25) is 0 Å². The van der Waals surface area contributed by atoms with Gasteiger partial charge in [-0.25, -0.2) is 0 Å². The molecule has 7 heteroatoms. The van der Waals surface area contributed by atoms with Gasteiger partial charge in [0, 0.05) is 20.4 Å². The Hall–Kier alpha value is 0.422. The van der Waals surface area contributed by atoms with E-state index in [9.17, 15) is 0 Å². The molecule has 1 radical (unpaired) electrons. The summed E-state index contributed by atoms with van der Waals surface area (Å²) in [5, 5.41) is 2.27. The number of nitrogens with two attached hydrogens (primary N) is 1. The fourth-order valence-electron chi connectivity index (χ4n) is 0.580. The molecular weight excluding hydrogens is 328 g/mol. The summed E-state index contributed by atoms with van der Waals surface area (Å²) in [4.78, 5) is 0. The molecule has 2 N–H and O–H groups in total. The minimum atomic E-state index is 0. The first kappa shape index (κ1) is 30.1. The van der Waals surface area contributed by atoms with E-state index < -0.39 is 0 Å². The standard InChI is InChI=1S/C4H9NO.4O.Re/c1-3-6-4-2-5-1;;;;;/h5H,1-4H2;;;;;/q;4*-2;/p+1. The van der Waals surface area contributed by atoms with Crippen molar-refractivity contribution in [2.45, 2.75) is 0 Å². The van der Waals surface area contributed by atoms with Gasteiger partial charge in [-0.2, -0.15) is 0 Å². The van der Waals surface area contributed by atoms with Crippen LogP contribution in [0.15, 0.2) is 0 Å². The molecule has 0 aromatic carbocycles. The molecule has 0 spiro atoms. The summed E-state index contributed by atoms with van der Waals surface area (Å²) in [6, 6.07) is 0.